The highest BCUT2D eigenvalue weighted by Gasteiger charge is 2.27. The van der Waals surface area contributed by atoms with Crippen LogP contribution < -0.4 is 10.1 Å². The molecule has 1 fully saturated rings. The van der Waals surface area contributed by atoms with Gasteiger partial charge in [-0.15, -0.1) is 0 Å². The van der Waals surface area contributed by atoms with Crippen molar-refractivity contribution in [3.05, 3.63) is 29.8 Å². The zero-order valence-corrected chi connectivity index (χ0v) is 13.9. The van der Waals surface area contributed by atoms with Gasteiger partial charge >= 0.3 is 12.0 Å². The van der Waals surface area contributed by atoms with Crippen molar-refractivity contribution in [1.82, 2.24) is 10.2 Å². The Hall–Kier alpha value is -2.28. The molecule has 0 radical (unpaired) electrons. The molecule has 1 unspecified atom stereocenters. The van der Waals surface area contributed by atoms with E-state index >= 15 is 0 Å². The number of piperidine rings is 1. The summed E-state index contributed by atoms with van der Waals surface area (Å²) in [5, 5.41) is 11.8. The number of rotatable bonds is 7. The van der Waals surface area contributed by atoms with Crippen molar-refractivity contribution in [1.29, 1.82) is 0 Å². The molecular weight excluding hydrogens is 312 g/mol. The molecule has 2 N–H and O–H groups in total. The molecule has 0 saturated carbocycles. The normalized spacial score (nSPS) is 17.4. The van der Waals surface area contributed by atoms with E-state index in [2.05, 4.69) is 5.32 Å². The number of aliphatic carboxylic acids is 1. The van der Waals surface area contributed by atoms with E-state index in [1.165, 1.54) is 0 Å². The summed E-state index contributed by atoms with van der Waals surface area (Å²) < 4.78 is 10.6. The first kappa shape index (κ1) is 18.1. The van der Waals surface area contributed by atoms with E-state index in [0.717, 1.165) is 17.7 Å². The number of methoxy groups -OCH3 is 1. The fourth-order valence-corrected chi connectivity index (χ4v) is 2.62. The van der Waals surface area contributed by atoms with Crippen molar-refractivity contribution < 1.29 is 24.2 Å². The SMILES string of the molecule is COc1ccc(COCCNC(=O)N2CCCC(C(=O)O)C2)cc1. The molecule has 0 aliphatic carbocycles. The van der Waals surface area contributed by atoms with Crippen molar-refractivity contribution >= 4 is 12.0 Å². The number of carboxylic acid groups (broad SMARTS) is 1. The minimum Gasteiger partial charge on any atom is -0.497 e. The van der Waals surface area contributed by atoms with Crippen LogP contribution >= 0.6 is 0 Å². The number of urea groups is 1. The van der Waals surface area contributed by atoms with Gasteiger partial charge in [0, 0.05) is 19.6 Å². The Morgan fingerprint density at radius 1 is 1.33 bits per heavy atom. The van der Waals surface area contributed by atoms with E-state index in [0.29, 0.717) is 32.7 Å². The van der Waals surface area contributed by atoms with Gasteiger partial charge < -0.3 is 24.8 Å². The van der Waals surface area contributed by atoms with Crippen LogP contribution in [0, 0.1) is 5.92 Å². The highest BCUT2D eigenvalue weighted by molar-refractivity contribution is 5.76. The largest absolute Gasteiger partial charge is 0.497 e. The maximum absolute atomic E-state index is 12.0. The van der Waals surface area contributed by atoms with Crippen LogP contribution in [0.5, 0.6) is 5.75 Å². The van der Waals surface area contributed by atoms with Crippen LogP contribution in [0.2, 0.25) is 0 Å². The topological polar surface area (TPSA) is 88.1 Å². The molecule has 0 aromatic heterocycles. The van der Waals surface area contributed by atoms with Gasteiger partial charge in [-0.05, 0) is 30.5 Å². The lowest BCUT2D eigenvalue weighted by molar-refractivity contribution is -0.143. The summed E-state index contributed by atoms with van der Waals surface area (Å²) in [5.41, 5.74) is 1.03. The van der Waals surface area contributed by atoms with E-state index in [-0.39, 0.29) is 12.6 Å². The second-order valence-corrected chi connectivity index (χ2v) is 5.76. The van der Waals surface area contributed by atoms with E-state index in [1.807, 2.05) is 24.3 Å². The maximum Gasteiger partial charge on any atom is 0.317 e. The number of hydrogen-bond acceptors (Lipinski definition) is 4. The van der Waals surface area contributed by atoms with E-state index in [4.69, 9.17) is 14.6 Å². The number of amides is 2. The first-order chi connectivity index (χ1) is 11.6. The molecule has 1 atom stereocenters. The van der Waals surface area contributed by atoms with Crippen molar-refractivity contribution in [2.45, 2.75) is 19.4 Å². The fourth-order valence-electron chi connectivity index (χ4n) is 2.62. The van der Waals surface area contributed by atoms with E-state index in [1.54, 1.807) is 12.0 Å². The Bertz CT molecular complexity index is 546. The number of likely N-dealkylation sites (tertiary alicyclic amines) is 1. The number of nitrogens with zero attached hydrogens (tertiary/aromatic N) is 1. The second-order valence-electron chi connectivity index (χ2n) is 5.76. The zero-order valence-electron chi connectivity index (χ0n) is 13.9. The number of nitrogens with one attached hydrogen (secondary N) is 1. The van der Waals surface area contributed by atoms with Gasteiger partial charge in [-0.2, -0.15) is 0 Å². The van der Waals surface area contributed by atoms with Crippen LogP contribution in [0.3, 0.4) is 0 Å². The molecule has 1 aliphatic heterocycles. The Labute approximate surface area is 141 Å². The van der Waals surface area contributed by atoms with Gasteiger partial charge in [0.25, 0.3) is 0 Å². The average Bonchev–Trinajstić information content (AvgIpc) is 2.62. The Kier molecular flexibility index (Phi) is 6.87. The van der Waals surface area contributed by atoms with Crippen molar-refractivity contribution in [3.63, 3.8) is 0 Å². The minimum atomic E-state index is -0.838. The summed E-state index contributed by atoms with van der Waals surface area (Å²) in [6.07, 6.45) is 1.35. The summed E-state index contributed by atoms with van der Waals surface area (Å²) in [6, 6.07) is 7.37. The average molecular weight is 336 g/mol. The molecule has 1 aromatic carbocycles. The highest BCUT2D eigenvalue weighted by Crippen LogP contribution is 2.16. The third kappa shape index (κ3) is 5.42. The summed E-state index contributed by atoms with van der Waals surface area (Å²) in [7, 11) is 1.62. The van der Waals surface area contributed by atoms with Crippen LogP contribution in [-0.2, 0) is 16.1 Å². The molecule has 0 bridgehead atoms. The summed E-state index contributed by atoms with van der Waals surface area (Å²) in [5.74, 6) is -0.502. The standard InChI is InChI=1S/C17H24N2O5/c1-23-15-6-4-13(5-7-15)12-24-10-8-18-17(22)19-9-2-3-14(11-19)16(20)21/h4-7,14H,2-3,8-12H2,1H3,(H,18,22)(H,20,21). The molecule has 1 aromatic rings. The monoisotopic (exact) mass is 336 g/mol. The number of benzene rings is 1. The first-order valence-corrected chi connectivity index (χ1v) is 8.06. The van der Waals surface area contributed by atoms with Crippen LogP contribution in [-0.4, -0.2) is 55.4 Å². The number of carbonyl (C=O) groups excluding carboxylic acids is 1. The first-order valence-electron chi connectivity index (χ1n) is 8.06. The van der Waals surface area contributed by atoms with Crippen LogP contribution in [0.25, 0.3) is 0 Å². The molecule has 7 heteroatoms. The van der Waals surface area contributed by atoms with Gasteiger partial charge in [0.05, 0.1) is 26.2 Å². The fraction of sp³-hybridized carbons (Fsp3) is 0.529. The van der Waals surface area contributed by atoms with Crippen molar-refractivity contribution in [2.75, 3.05) is 33.4 Å². The van der Waals surface area contributed by atoms with E-state index in [9.17, 15) is 9.59 Å². The summed E-state index contributed by atoms with van der Waals surface area (Å²) >= 11 is 0. The van der Waals surface area contributed by atoms with Gasteiger partial charge in [-0.25, -0.2) is 4.79 Å². The molecule has 24 heavy (non-hydrogen) atoms. The Morgan fingerprint density at radius 2 is 2.08 bits per heavy atom. The van der Waals surface area contributed by atoms with Gasteiger partial charge in [0.15, 0.2) is 0 Å². The second kappa shape index (κ2) is 9.12. The zero-order chi connectivity index (χ0) is 17.4. The number of ether oxygens (including phenoxy) is 2. The lowest BCUT2D eigenvalue weighted by Gasteiger charge is -2.30. The molecular formula is C17H24N2O5. The number of carboxylic acids is 1. The van der Waals surface area contributed by atoms with E-state index < -0.39 is 11.9 Å². The molecule has 1 heterocycles. The summed E-state index contributed by atoms with van der Waals surface area (Å²) in [6.45, 7) is 2.12. The number of carbonyl (C=O) groups is 2. The number of hydrogen-bond donors (Lipinski definition) is 2. The highest BCUT2D eigenvalue weighted by atomic mass is 16.5. The van der Waals surface area contributed by atoms with Gasteiger partial charge in [-0.3, -0.25) is 4.79 Å². The van der Waals surface area contributed by atoms with Crippen LogP contribution in [0.1, 0.15) is 18.4 Å². The third-order valence-electron chi connectivity index (χ3n) is 4.01. The predicted octanol–water partition coefficient (Wildman–Crippen LogP) is 1.72. The molecule has 2 amide bonds. The van der Waals surface area contributed by atoms with Crippen molar-refractivity contribution in [3.8, 4) is 5.75 Å². The third-order valence-corrected chi connectivity index (χ3v) is 4.01. The Morgan fingerprint density at radius 3 is 2.75 bits per heavy atom. The summed E-state index contributed by atoms with van der Waals surface area (Å²) in [4.78, 5) is 24.6. The molecule has 1 saturated heterocycles. The van der Waals surface area contributed by atoms with Gasteiger partial charge in [0.2, 0.25) is 0 Å². The van der Waals surface area contributed by atoms with Gasteiger partial charge in [0.1, 0.15) is 5.75 Å². The maximum atomic E-state index is 12.0. The van der Waals surface area contributed by atoms with Crippen LogP contribution in [0.4, 0.5) is 4.79 Å². The lowest BCUT2D eigenvalue weighted by Crippen LogP contribution is -2.47. The molecule has 1 aliphatic rings. The Balaban J connectivity index is 1.62. The molecule has 2 rings (SSSR count). The molecule has 0 spiro atoms. The van der Waals surface area contributed by atoms with Gasteiger partial charge in [-0.1, -0.05) is 12.1 Å². The predicted molar refractivity (Wildman–Crippen MR) is 88.0 cm³/mol. The smallest absolute Gasteiger partial charge is 0.317 e. The quantitative estimate of drug-likeness (QED) is 0.740. The van der Waals surface area contributed by atoms with Crippen molar-refractivity contribution in [2.24, 2.45) is 5.92 Å². The minimum absolute atomic E-state index is 0.228. The lowest BCUT2D eigenvalue weighted by atomic mass is 9.99. The molecule has 7 nitrogen and oxygen atoms in total. The van der Waals surface area contributed by atoms with Crippen LogP contribution in [0.15, 0.2) is 24.3 Å². The molecule has 132 valence electrons.